The van der Waals surface area contributed by atoms with Gasteiger partial charge in [0.15, 0.2) is 0 Å². The number of para-hydroxylation sites is 1. The Labute approximate surface area is 151 Å². The Bertz CT molecular complexity index is 885. The zero-order valence-electron chi connectivity index (χ0n) is 14.2. The first-order valence-electron chi connectivity index (χ1n) is 8.56. The fourth-order valence-corrected chi connectivity index (χ4v) is 3.10. The average Bonchev–Trinajstić information content (AvgIpc) is 2.69. The van der Waals surface area contributed by atoms with E-state index in [1.165, 1.54) is 0 Å². The molecule has 1 aromatic heterocycles. The highest BCUT2D eigenvalue weighted by Crippen LogP contribution is 2.28. The van der Waals surface area contributed by atoms with Crippen molar-refractivity contribution < 1.29 is 4.79 Å². The minimum atomic E-state index is -0.399. The molecule has 3 aromatic rings. The fourth-order valence-electron chi connectivity index (χ4n) is 3.10. The smallest absolute Gasteiger partial charge is 0.247 e. The monoisotopic (exact) mass is 345 g/mol. The molecule has 4 rings (SSSR count). The van der Waals surface area contributed by atoms with Crippen molar-refractivity contribution in [1.82, 2.24) is 15.3 Å². The molecule has 0 spiro atoms. The Hall–Kier alpha value is -3.41. The standard InChI is InChI=1S/C20H19N5O/c26-19-18(15-7-3-1-4-8-15)25(14-13-21-19)17-11-12-22-20(24-17)23-16-9-5-2-6-10-16/h1-12,18H,13-14H2,(H,21,26)(H,22,23,24). The van der Waals surface area contributed by atoms with Gasteiger partial charge in [-0.1, -0.05) is 48.5 Å². The minimum absolute atomic E-state index is 0.0152. The molecule has 1 aliphatic rings. The zero-order valence-corrected chi connectivity index (χ0v) is 14.2. The van der Waals surface area contributed by atoms with Gasteiger partial charge in [0.2, 0.25) is 11.9 Å². The topological polar surface area (TPSA) is 70.2 Å². The summed E-state index contributed by atoms with van der Waals surface area (Å²) in [5.74, 6) is 1.22. The first-order chi connectivity index (χ1) is 12.8. The van der Waals surface area contributed by atoms with Crippen LogP contribution in [0.25, 0.3) is 0 Å². The van der Waals surface area contributed by atoms with Crippen molar-refractivity contribution >= 4 is 23.4 Å². The van der Waals surface area contributed by atoms with Crippen molar-refractivity contribution in [2.75, 3.05) is 23.3 Å². The molecule has 2 heterocycles. The van der Waals surface area contributed by atoms with E-state index < -0.39 is 6.04 Å². The molecule has 1 fully saturated rings. The van der Waals surface area contributed by atoms with Gasteiger partial charge in [0, 0.05) is 25.0 Å². The van der Waals surface area contributed by atoms with E-state index >= 15 is 0 Å². The summed E-state index contributed by atoms with van der Waals surface area (Å²) in [6.07, 6.45) is 1.71. The van der Waals surface area contributed by atoms with Gasteiger partial charge >= 0.3 is 0 Å². The number of benzene rings is 2. The largest absolute Gasteiger partial charge is 0.352 e. The molecule has 26 heavy (non-hydrogen) atoms. The van der Waals surface area contributed by atoms with E-state index in [1.807, 2.05) is 71.6 Å². The third-order valence-electron chi connectivity index (χ3n) is 4.29. The number of hydrogen-bond donors (Lipinski definition) is 2. The number of aromatic nitrogens is 2. The van der Waals surface area contributed by atoms with E-state index in [9.17, 15) is 4.79 Å². The summed E-state index contributed by atoms with van der Waals surface area (Å²) >= 11 is 0. The normalized spacial score (nSPS) is 16.8. The van der Waals surface area contributed by atoms with Crippen LogP contribution in [0.15, 0.2) is 72.9 Å². The molecule has 2 aromatic carbocycles. The molecule has 1 unspecified atom stereocenters. The number of amides is 1. The second-order valence-corrected chi connectivity index (χ2v) is 6.03. The molecule has 130 valence electrons. The Morgan fingerprint density at radius 3 is 2.50 bits per heavy atom. The predicted octanol–water partition coefficient (Wildman–Crippen LogP) is 2.90. The van der Waals surface area contributed by atoms with Gasteiger partial charge in [-0.05, 0) is 23.8 Å². The highest BCUT2D eigenvalue weighted by atomic mass is 16.2. The van der Waals surface area contributed by atoms with Crippen LogP contribution in [0.2, 0.25) is 0 Å². The third kappa shape index (κ3) is 3.35. The molecule has 2 N–H and O–H groups in total. The van der Waals surface area contributed by atoms with E-state index in [1.54, 1.807) is 6.20 Å². The molecule has 6 heteroatoms. The molecule has 1 aliphatic heterocycles. The van der Waals surface area contributed by atoms with Gasteiger partial charge in [0.05, 0.1) is 0 Å². The van der Waals surface area contributed by atoms with Gasteiger partial charge in [-0.3, -0.25) is 4.79 Å². The maximum atomic E-state index is 12.5. The number of carbonyl (C=O) groups is 1. The second kappa shape index (κ2) is 7.23. The molecule has 0 aliphatic carbocycles. The summed E-state index contributed by atoms with van der Waals surface area (Å²) < 4.78 is 0. The van der Waals surface area contributed by atoms with Crippen molar-refractivity contribution in [3.8, 4) is 0 Å². The molecule has 0 saturated carbocycles. The van der Waals surface area contributed by atoms with Gasteiger partial charge in [-0.2, -0.15) is 4.98 Å². The summed E-state index contributed by atoms with van der Waals surface area (Å²) in [5, 5.41) is 6.14. The van der Waals surface area contributed by atoms with E-state index in [2.05, 4.69) is 20.6 Å². The quantitative estimate of drug-likeness (QED) is 0.761. The molecule has 0 bridgehead atoms. The van der Waals surface area contributed by atoms with Crippen LogP contribution in [0.4, 0.5) is 17.5 Å². The molecule has 1 saturated heterocycles. The molecular weight excluding hydrogens is 326 g/mol. The Balaban J connectivity index is 1.64. The van der Waals surface area contributed by atoms with E-state index in [-0.39, 0.29) is 5.91 Å². The lowest BCUT2D eigenvalue weighted by Crippen LogP contribution is -2.50. The van der Waals surface area contributed by atoms with Crippen LogP contribution >= 0.6 is 0 Å². The Morgan fingerprint density at radius 1 is 1.00 bits per heavy atom. The van der Waals surface area contributed by atoms with E-state index in [4.69, 9.17) is 0 Å². The number of hydrogen-bond acceptors (Lipinski definition) is 5. The molecule has 0 radical (unpaired) electrons. The van der Waals surface area contributed by atoms with Crippen LogP contribution < -0.4 is 15.5 Å². The van der Waals surface area contributed by atoms with Crippen LogP contribution in [-0.4, -0.2) is 29.0 Å². The van der Waals surface area contributed by atoms with Crippen molar-refractivity contribution in [3.05, 3.63) is 78.5 Å². The fraction of sp³-hybridized carbons (Fsp3) is 0.150. The molecule has 1 amide bonds. The first kappa shape index (κ1) is 16.1. The van der Waals surface area contributed by atoms with Crippen molar-refractivity contribution in [2.24, 2.45) is 0 Å². The van der Waals surface area contributed by atoms with Crippen LogP contribution in [0.1, 0.15) is 11.6 Å². The lowest BCUT2D eigenvalue weighted by Gasteiger charge is -2.36. The number of piperazine rings is 1. The Kier molecular flexibility index (Phi) is 4.47. The summed E-state index contributed by atoms with van der Waals surface area (Å²) in [7, 11) is 0. The number of anilines is 3. The molecular formula is C20H19N5O. The van der Waals surface area contributed by atoms with Crippen molar-refractivity contribution in [2.45, 2.75) is 6.04 Å². The molecule has 1 atom stereocenters. The highest BCUT2D eigenvalue weighted by Gasteiger charge is 2.32. The summed E-state index contributed by atoms with van der Waals surface area (Å²) in [4.78, 5) is 23.5. The lowest BCUT2D eigenvalue weighted by molar-refractivity contribution is -0.123. The highest BCUT2D eigenvalue weighted by molar-refractivity contribution is 5.87. The number of nitrogens with zero attached hydrogens (tertiary/aromatic N) is 3. The van der Waals surface area contributed by atoms with Crippen molar-refractivity contribution in [1.29, 1.82) is 0 Å². The van der Waals surface area contributed by atoms with Gasteiger partial charge in [-0.15, -0.1) is 0 Å². The van der Waals surface area contributed by atoms with Crippen LogP contribution in [-0.2, 0) is 4.79 Å². The average molecular weight is 345 g/mol. The third-order valence-corrected chi connectivity index (χ3v) is 4.29. The van der Waals surface area contributed by atoms with E-state index in [0.29, 0.717) is 19.0 Å². The van der Waals surface area contributed by atoms with Gasteiger partial charge < -0.3 is 15.5 Å². The second-order valence-electron chi connectivity index (χ2n) is 6.03. The van der Waals surface area contributed by atoms with Crippen LogP contribution in [0, 0.1) is 0 Å². The van der Waals surface area contributed by atoms with Crippen LogP contribution in [0.5, 0.6) is 0 Å². The number of carbonyl (C=O) groups excluding carboxylic acids is 1. The van der Waals surface area contributed by atoms with Gasteiger partial charge in [-0.25, -0.2) is 4.98 Å². The first-order valence-corrected chi connectivity index (χ1v) is 8.56. The van der Waals surface area contributed by atoms with Crippen LogP contribution in [0.3, 0.4) is 0 Å². The lowest BCUT2D eigenvalue weighted by atomic mass is 10.0. The maximum Gasteiger partial charge on any atom is 0.247 e. The number of nitrogens with one attached hydrogen (secondary N) is 2. The predicted molar refractivity (Wildman–Crippen MR) is 101 cm³/mol. The Morgan fingerprint density at radius 2 is 1.73 bits per heavy atom. The minimum Gasteiger partial charge on any atom is -0.352 e. The zero-order chi connectivity index (χ0) is 17.8. The van der Waals surface area contributed by atoms with Crippen molar-refractivity contribution in [3.63, 3.8) is 0 Å². The van der Waals surface area contributed by atoms with Gasteiger partial charge in [0.1, 0.15) is 11.9 Å². The molecule has 6 nitrogen and oxygen atoms in total. The van der Waals surface area contributed by atoms with E-state index in [0.717, 1.165) is 17.1 Å². The van der Waals surface area contributed by atoms with Gasteiger partial charge in [0.25, 0.3) is 0 Å². The SMILES string of the molecule is O=C1NCCN(c2ccnc(Nc3ccccc3)n2)C1c1ccccc1. The summed E-state index contributed by atoms with van der Waals surface area (Å²) in [6.45, 7) is 1.28. The maximum absolute atomic E-state index is 12.5. The summed E-state index contributed by atoms with van der Waals surface area (Å²) in [5.41, 5.74) is 1.86. The summed E-state index contributed by atoms with van der Waals surface area (Å²) in [6, 6.07) is 21.0. The number of rotatable bonds is 4.